The number of nitrogens with zero attached hydrogens (tertiary/aromatic N) is 1. The number of rotatable bonds is 6. The lowest BCUT2D eigenvalue weighted by Crippen LogP contribution is -2.47. The molecule has 0 aromatic rings. The van der Waals surface area contributed by atoms with Gasteiger partial charge in [-0.2, -0.15) is 0 Å². The minimum absolute atomic E-state index is 0.213. The van der Waals surface area contributed by atoms with Gasteiger partial charge in [0.2, 0.25) is 5.91 Å². The Morgan fingerprint density at radius 3 is 2.05 bits per heavy atom. The molecule has 21 heavy (non-hydrogen) atoms. The van der Waals surface area contributed by atoms with Crippen LogP contribution in [0.1, 0.15) is 27.2 Å². The maximum absolute atomic E-state index is 10.8. The summed E-state index contributed by atoms with van der Waals surface area (Å²) in [6.07, 6.45) is 1.62. The van der Waals surface area contributed by atoms with Crippen LogP contribution in [-0.2, 0) is 14.9 Å². The smallest absolute Gasteiger partial charge is 0.243 e. The van der Waals surface area contributed by atoms with Gasteiger partial charge in [0.15, 0.2) is 6.23 Å². The van der Waals surface area contributed by atoms with E-state index < -0.39 is 27.3 Å². The van der Waals surface area contributed by atoms with Crippen LogP contribution in [0.15, 0.2) is 12.7 Å². The van der Waals surface area contributed by atoms with Crippen LogP contribution < -0.4 is 5.32 Å². The molecule has 2 N–H and O–H groups in total. The van der Waals surface area contributed by atoms with E-state index in [-0.39, 0.29) is 6.23 Å². The summed E-state index contributed by atoms with van der Waals surface area (Å²) in [7, 11) is 1.61. The largest absolute Gasteiger partial charge is 0.748 e. The van der Waals surface area contributed by atoms with Gasteiger partial charge in [-0.25, -0.2) is 8.42 Å². The minimum atomic E-state index is -4.33. The van der Waals surface area contributed by atoms with Crippen LogP contribution in [0.4, 0.5) is 0 Å². The van der Waals surface area contributed by atoms with Gasteiger partial charge < -0.3 is 19.5 Å². The number of hydrogen-bond donors (Lipinski definition) is 2. The van der Waals surface area contributed by atoms with E-state index in [9.17, 15) is 17.8 Å². The highest BCUT2D eigenvalue weighted by molar-refractivity contribution is 7.85. The molecule has 0 aliphatic heterocycles. The van der Waals surface area contributed by atoms with Gasteiger partial charge in [0.05, 0.1) is 37.0 Å². The van der Waals surface area contributed by atoms with E-state index in [1.54, 1.807) is 0 Å². The Bertz CT molecular complexity index is 438. The first-order valence-electron chi connectivity index (χ1n) is 6.52. The molecular formula is C13H28N2O5S. The first-order chi connectivity index (χ1) is 9.14. The molecule has 0 spiro atoms. The lowest BCUT2D eigenvalue weighted by Gasteiger charge is -2.28. The molecule has 1 atom stereocenters. The van der Waals surface area contributed by atoms with Gasteiger partial charge in [0.25, 0.3) is 0 Å². The Kier molecular flexibility index (Phi) is 9.01. The first kappa shape index (κ1) is 22.3. The van der Waals surface area contributed by atoms with Crippen molar-refractivity contribution >= 4 is 16.0 Å². The molecule has 0 rings (SSSR count). The molecule has 0 bridgehead atoms. The van der Waals surface area contributed by atoms with Crippen molar-refractivity contribution in [1.29, 1.82) is 0 Å². The zero-order chi connectivity index (χ0) is 17.5. The van der Waals surface area contributed by atoms with Crippen LogP contribution in [-0.4, -0.2) is 67.1 Å². The average Bonchev–Trinajstić information content (AvgIpc) is 2.23. The minimum Gasteiger partial charge on any atom is -0.748 e. The molecule has 0 fully saturated rings. The molecule has 0 saturated carbocycles. The van der Waals surface area contributed by atoms with Crippen LogP contribution in [0, 0.1) is 0 Å². The fraction of sp³-hybridized carbons (Fsp3) is 0.769. The van der Waals surface area contributed by atoms with Crippen molar-refractivity contribution in [2.75, 3.05) is 26.9 Å². The Morgan fingerprint density at radius 1 is 1.43 bits per heavy atom. The highest BCUT2D eigenvalue weighted by atomic mass is 32.2. The van der Waals surface area contributed by atoms with E-state index in [1.807, 2.05) is 28.1 Å². The Balaban J connectivity index is 0. The second-order valence-electron chi connectivity index (χ2n) is 6.28. The maximum Gasteiger partial charge on any atom is 0.243 e. The lowest BCUT2D eigenvalue weighted by molar-refractivity contribution is -0.918. The number of amides is 1. The first-order valence-corrected chi connectivity index (χ1v) is 8.09. The Labute approximate surface area is 128 Å². The summed E-state index contributed by atoms with van der Waals surface area (Å²) >= 11 is 0. The van der Waals surface area contributed by atoms with Crippen molar-refractivity contribution in [2.24, 2.45) is 0 Å². The van der Waals surface area contributed by atoms with Gasteiger partial charge in [-0.3, -0.25) is 4.79 Å². The summed E-state index contributed by atoms with van der Waals surface area (Å²) in [6.45, 7) is 8.08. The lowest BCUT2D eigenvalue weighted by atomic mass is 10.1. The molecule has 8 heteroatoms. The summed E-state index contributed by atoms with van der Waals surface area (Å²) in [6, 6.07) is 0. The number of aliphatic hydroxyl groups excluding tert-OH is 1. The van der Waals surface area contributed by atoms with Gasteiger partial charge in [-0.15, -0.1) is 0 Å². The predicted octanol–water partition coefficient (Wildman–Crippen LogP) is 0.0334. The summed E-state index contributed by atoms with van der Waals surface area (Å²) in [5, 5.41) is 11.5. The van der Waals surface area contributed by atoms with Gasteiger partial charge in [0, 0.05) is 12.0 Å². The van der Waals surface area contributed by atoms with Crippen LogP contribution >= 0.6 is 0 Å². The third kappa shape index (κ3) is 13.8. The zero-order valence-corrected chi connectivity index (χ0v) is 14.5. The number of carbonyl (C=O) groups excluding carboxylic acids is 1. The van der Waals surface area contributed by atoms with Crippen LogP contribution in [0.5, 0.6) is 0 Å². The number of quaternary nitrogens is 1. The fourth-order valence-corrected chi connectivity index (χ4v) is 2.37. The summed E-state index contributed by atoms with van der Waals surface area (Å²) in [5.41, 5.74) is -1.06. The van der Waals surface area contributed by atoms with Crippen molar-refractivity contribution in [3.63, 3.8) is 0 Å². The van der Waals surface area contributed by atoms with Crippen molar-refractivity contribution in [1.82, 2.24) is 5.32 Å². The average molecular weight is 324 g/mol. The van der Waals surface area contributed by atoms with E-state index in [4.69, 9.17) is 5.11 Å². The molecule has 0 saturated heterocycles. The molecular weight excluding hydrogens is 296 g/mol. The second-order valence-corrected chi connectivity index (χ2v) is 7.69. The quantitative estimate of drug-likeness (QED) is 0.310. The number of hydrogen-bond acceptors (Lipinski definition) is 5. The Morgan fingerprint density at radius 2 is 1.86 bits per heavy atom. The van der Waals surface area contributed by atoms with Crippen molar-refractivity contribution in [3.8, 4) is 0 Å². The van der Waals surface area contributed by atoms with Crippen LogP contribution in [0.2, 0.25) is 0 Å². The Hall–Kier alpha value is -0.960. The van der Waals surface area contributed by atoms with Crippen LogP contribution in [0.3, 0.4) is 0 Å². The summed E-state index contributed by atoms with van der Waals surface area (Å²) in [5.74, 6) is -1.15. The van der Waals surface area contributed by atoms with E-state index in [0.717, 1.165) is 12.5 Å². The predicted molar refractivity (Wildman–Crippen MR) is 81.3 cm³/mol. The summed E-state index contributed by atoms with van der Waals surface area (Å²) < 4.78 is 31.8. The van der Waals surface area contributed by atoms with E-state index in [2.05, 4.69) is 11.9 Å². The molecule has 1 amide bonds. The highest BCUT2D eigenvalue weighted by Gasteiger charge is 2.22. The summed E-state index contributed by atoms with van der Waals surface area (Å²) in [4.78, 5) is 10.8. The highest BCUT2D eigenvalue weighted by Crippen LogP contribution is 2.05. The third-order valence-corrected chi connectivity index (χ3v) is 3.52. The zero-order valence-electron chi connectivity index (χ0n) is 13.7. The number of nitrogens with one attached hydrogen (secondary N) is 1. The fourth-order valence-electron chi connectivity index (χ4n) is 1.41. The van der Waals surface area contributed by atoms with Crippen molar-refractivity contribution in [2.45, 2.75) is 39.0 Å². The van der Waals surface area contributed by atoms with Crippen molar-refractivity contribution < 1.29 is 27.4 Å². The maximum atomic E-state index is 10.8. The van der Waals surface area contributed by atoms with Gasteiger partial charge in [0.1, 0.15) is 0 Å². The van der Waals surface area contributed by atoms with Crippen LogP contribution in [0.25, 0.3) is 0 Å². The number of carbonyl (C=O) groups is 1. The molecule has 0 heterocycles. The van der Waals surface area contributed by atoms with Crippen molar-refractivity contribution in [3.05, 3.63) is 12.7 Å². The normalized spacial score (nSPS) is 13.7. The molecule has 1 unspecified atom stereocenters. The van der Waals surface area contributed by atoms with Gasteiger partial charge >= 0.3 is 0 Å². The molecule has 7 nitrogen and oxygen atoms in total. The molecule has 126 valence electrons. The number of aliphatic hydroxyl groups is 1. The second kappa shape index (κ2) is 8.47. The van der Waals surface area contributed by atoms with Gasteiger partial charge in [-0.1, -0.05) is 13.5 Å². The molecule has 0 aliphatic rings. The third-order valence-electron chi connectivity index (χ3n) is 2.44. The molecule has 0 radical (unpaired) electrons. The van der Waals surface area contributed by atoms with E-state index in [1.165, 1.54) is 13.8 Å². The van der Waals surface area contributed by atoms with E-state index in [0.29, 0.717) is 4.48 Å². The molecule has 0 aromatic carbocycles. The monoisotopic (exact) mass is 324 g/mol. The molecule has 0 aromatic heterocycles. The SMILES string of the molecule is C=CC(=O)NC(C)(C)CS(=O)(=O)[O-].CCC(O)[N+](C)(C)C. The van der Waals surface area contributed by atoms with E-state index >= 15 is 0 Å². The molecule has 0 aliphatic carbocycles. The standard InChI is InChI=1S/C7H13NO4S.C6H16NO/c1-4-6(9)8-7(2,3)5-13(10,11)12;1-5-6(8)7(2,3)4/h4H,1,5H2,2-3H3,(H,8,9)(H,10,11,12);6,8H,5H2,1-4H3/q;+1/p-1. The van der Waals surface area contributed by atoms with Gasteiger partial charge in [-0.05, 0) is 19.9 Å². The topological polar surface area (TPSA) is 107 Å².